The molecule has 2 rings (SSSR count). The van der Waals surface area contributed by atoms with Crippen molar-refractivity contribution in [3.05, 3.63) is 58.6 Å². The molecule has 21 heavy (non-hydrogen) atoms. The third-order valence-electron chi connectivity index (χ3n) is 2.71. The van der Waals surface area contributed by atoms with Crippen LogP contribution in [0.2, 0.25) is 0 Å². The number of benzene rings is 2. The van der Waals surface area contributed by atoms with Crippen LogP contribution in [0.5, 0.6) is 0 Å². The predicted molar refractivity (Wildman–Crippen MR) is 86.6 cm³/mol. The minimum absolute atomic E-state index is 0.191. The average Bonchev–Trinajstić information content (AvgIpc) is 2.49. The van der Waals surface area contributed by atoms with E-state index in [9.17, 15) is 9.59 Å². The van der Waals surface area contributed by atoms with Crippen LogP contribution in [0.25, 0.3) is 0 Å². The van der Waals surface area contributed by atoms with Gasteiger partial charge in [0.1, 0.15) is 0 Å². The van der Waals surface area contributed by atoms with E-state index < -0.39 is 0 Å². The highest BCUT2D eigenvalue weighted by Gasteiger charge is 2.06. The van der Waals surface area contributed by atoms with E-state index in [4.69, 9.17) is 0 Å². The molecule has 0 fully saturated rings. The van der Waals surface area contributed by atoms with Gasteiger partial charge in [-0.3, -0.25) is 4.79 Å². The zero-order valence-corrected chi connectivity index (χ0v) is 12.9. The molecule has 0 saturated carbocycles. The van der Waals surface area contributed by atoms with E-state index in [1.807, 2.05) is 6.07 Å². The number of hydrogen-bond donors (Lipinski definition) is 3. The fourth-order valence-electron chi connectivity index (χ4n) is 1.66. The van der Waals surface area contributed by atoms with Crippen LogP contribution in [-0.2, 0) is 0 Å². The molecule has 0 radical (unpaired) electrons. The zero-order valence-electron chi connectivity index (χ0n) is 11.3. The van der Waals surface area contributed by atoms with Gasteiger partial charge in [-0.1, -0.05) is 22.0 Å². The molecule has 0 atom stereocenters. The quantitative estimate of drug-likeness (QED) is 0.795. The number of carbonyl (C=O) groups excluding carboxylic acids is 2. The van der Waals surface area contributed by atoms with Crippen molar-refractivity contribution >= 4 is 39.2 Å². The summed E-state index contributed by atoms with van der Waals surface area (Å²) in [6, 6.07) is 13.7. The van der Waals surface area contributed by atoms with Gasteiger partial charge in [-0.05, 0) is 42.5 Å². The van der Waals surface area contributed by atoms with Crippen LogP contribution in [-0.4, -0.2) is 19.0 Å². The molecular weight excluding hydrogens is 334 g/mol. The molecule has 3 amide bonds. The molecule has 0 aliphatic carbocycles. The van der Waals surface area contributed by atoms with E-state index in [1.165, 1.54) is 0 Å². The lowest BCUT2D eigenvalue weighted by molar-refractivity contribution is 0.102. The molecule has 5 nitrogen and oxygen atoms in total. The number of hydrogen-bond acceptors (Lipinski definition) is 2. The molecule has 0 heterocycles. The Hall–Kier alpha value is -2.34. The Labute approximate surface area is 130 Å². The number of amides is 3. The molecular formula is C15H14BrN3O2. The molecule has 2 aromatic carbocycles. The van der Waals surface area contributed by atoms with Crippen LogP contribution < -0.4 is 16.0 Å². The maximum Gasteiger partial charge on any atom is 0.318 e. The van der Waals surface area contributed by atoms with Crippen molar-refractivity contribution in [2.75, 3.05) is 17.7 Å². The topological polar surface area (TPSA) is 70.2 Å². The Bertz CT molecular complexity index is 656. The summed E-state index contributed by atoms with van der Waals surface area (Å²) < 4.78 is 0.847. The van der Waals surface area contributed by atoms with E-state index in [2.05, 4.69) is 31.9 Å². The highest BCUT2D eigenvalue weighted by molar-refractivity contribution is 9.10. The normalized spacial score (nSPS) is 9.81. The van der Waals surface area contributed by atoms with Crippen LogP contribution in [0.4, 0.5) is 16.2 Å². The summed E-state index contributed by atoms with van der Waals surface area (Å²) in [7, 11) is 1.54. The van der Waals surface area contributed by atoms with Crippen molar-refractivity contribution < 1.29 is 9.59 Å². The van der Waals surface area contributed by atoms with Crippen LogP contribution in [0.15, 0.2) is 53.0 Å². The molecule has 2 aromatic rings. The summed E-state index contributed by atoms with van der Waals surface area (Å²) in [6.07, 6.45) is 0. The van der Waals surface area contributed by atoms with Gasteiger partial charge in [-0.2, -0.15) is 0 Å². The van der Waals surface area contributed by atoms with Crippen molar-refractivity contribution in [1.29, 1.82) is 0 Å². The van der Waals surface area contributed by atoms with Crippen LogP contribution in [0, 0.1) is 0 Å². The second-order valence-corrected chi connectivity index (χ2v) is 5.16. The minimum atomic E-state index is -0.291. The van der Waals surface area contributed by atoms with Gasteiger partial charge < -0.3 is 16.0 Å². The van der Waals surface area contributed by atoms with Gasteiger partial charge in [-0.15, -0.1) is 0 Å². The lowest BCUT2D eigenvalue weighted by Crippen LogP contribution is -2.24. The number of urea groups is 1. The van der Waals surface area contributed by atoms with Gasteiger partial charge in [0.25, 0.3) is 5.91 Å². The maximum atomic E-state index is 12.1. The first-order valence-electron chi connectivity index (χ1n) is 6.24. The second kappa shape index (κ2) is 6.90. The summed E-state index contributed by atoms with van der Waals surface area (Å²) in [5, 5.41) is 7.90. The van der Waals surface area contributed by atoms with Crippen molar-refractivity contribution in [3.8, 4) is 0 Å². The smallest absolute Gasteiger partial charge is 0.318 e. The Morgan fingerprint density at radius 1 is 0.952 bits per heavy atom. The number of rotatable bonds is 3. The molecule has 0 aromatic heterocycles. The summed E-state index contributed by atoms with van der Waals surface area (Å²) in [5.74, 6) is -0.191. The van der Waals surface area contributed by atoms with Gasteiger partial charge in [0.2, 0.25) is 0 Å². The summed E-state index contributed by atoms with van der Waals surface area (Å²) >= 11 is 3.33. The number of nitrogens with one attached hydrogen (secondary N) is 3. The molecule has 0 saturated heterocycles. The average molecular weight is 348 g/mol. The van der Waals surface area contributed by atoms with Crippen molar-refractivity contribution in [1.82, 2.24) is 5.32 Å². The van der Waals surface area contributed by atoms with Crippen LogP contribution >= 0.6 is 15.9 Å². The second-order valence-electron chi connectivity index (χ2n) is 4.25. The molecule has 6 heteroatoms. The summed E-state index contributed by atoms with van der Waals surface area (Å²) in [6.45, 7) is 0. The van der Waals surface area contributed by atoms with Crippen LogP contribution in [0.3, 0.4) is 0 Å². The molecule has 0 unspecified atom stereocenters. The van der Waals surface area contributed by atoms with Gasteiger partial charge in [0.05, 0.1) is 0 Å². The monoisotopic (exact) mass is 347 g/mol. The minimum Gasteiger partial charge on any atom is -0.341 e. The van der Waals surface area contributed by atoms with Gasteiger partial charge in [0.15, 0.2) is 0 Å². The number of halogens is 1. The molecule has 108 valence electrons. The third-order valence-corrected chi connectivity index (χ3v) is 3.21. The van der Waals surface area contributed by atoms with Crippen molar-refractivity contribution in [2.45, 2.75) is 0 Å². The SMILES string of the molecule is CNC(=O)Nc1ccc(NC(=O)c2cccc(Br)c2)cc1. The first-order valence-corrected chi connectivity index (χ1v) is 7.03. The number of anilines is 2. The summed E-state index contributed by atoms with van der Waals surface area (Å²) in [4.78, 5) is 23.2. The van der Waals surface area contributed by atoms with E-state index in [0.717, 1.165) is 4.47 Å². The van der Waals surface area contributed by atoms with Gasteiger partial charge in [-0.25, -0.2) is 4.79 Å². The highest BCUT2D eigenvalue weighted by Crippen LogP contribution is 2.16. The van der Waals surface area contributed by atoms with E-state index in [0.29, 0.717) is 16.9 Å². The molecule has 0 bridgehead atoms. The van der Waals surface area contributed by atoms with E-state index in [-0.39, 0.29) is 11.9 Å². The fraction of sp³-hybridized carbons (Fsp3) is 0.0667. The van der Waals surface area contributed by atoms with E-state index in [1.54, 1.807) is 49.5 Å². The predicted octanol–water partition coefficient (Wildman–Crippen LogP) is 3.45. The number of carbonyl (C=O) groups is 2. The maximum absolute atomic E-state index is 12.1. The lowest BCUT2D eigenvalue weighted by Gasteiger charge is -2.08. The lowest BCUT2D eigenvalue weighted by atomic mass is 10.2. The highest BCUT2D eigenvalue weighted by atomic mass is 79.9. The zero-order chi connectivity index (χ0) is 15.2. The Morgan fingerprint density at radius 2 is 1.57 bits per heavy atom. The van der Waals surface area contributed by atoms with Gasteiger partial charge >= 0.3 is 6.03 Å². The molecule has 0 spiro atoms. The first kappa shape index (κ1) is 15.1. The van der Waals surface area contributed by atoms with Gasteiger partial charge in [0, 0.05) is 28.5 Å². The Kier molecular flexibility index (Phi) is 4.94. The third kappa shape index (κ3) is 4.32. The van der Waals surface area contributed by atoms with Crippen LogP contribution in [0.1, 0.15) is 10.4 Å². The largest absolute Gasteiger partial charge is 0.341 e. The van der Waals surface area contributed by atoms with Crippen molar-refractivity contribution in [3.63, 3.8) is 0 Å². The molecule has 0 aliphatic rings. The van der Waals surface area contributed by atoms with Crippen molar-refractivity contribution in [2.24, 2.45) is 0 Å². The Morgan fingerprint density at radius 3 is 2.14 bits per heavy atom. The molecule has 3 N–H and O–H groups in total. The standard InChI is InChI=1S/C15H14BrN3O2/c1-17-15(21)19-13-7-5-12(6-8-13)18-14(20)10-3-2-4-11(16)9-10/h2-9H,1H3,(H,18,20)(H2,17,19,21). The first-order chi connectivity index (χ1) is 10.1. The molecule has 0 aliphatic heterocycles. The summed E-state index contributed by atoms with van der Waals surface area (Å²) in [5.41, 5.74) is 1.87. The fourth-order valence-corrected chi connectivity index (χ4v) is 2.06. The van der Waals surface area contributed by atoms with E-state index >= 15 is 0 Å². The Balaban J connectivity index is 2.03.